The second-order valence-corrected chi connectivity index (χ2v) is 6.58. The summed E-state index contributed by atoms with van der Waals surface area (Å²) in [5, 5.41) is 8.97. The largest absolute Gasteiger partial charge is 0.481 e. The predicted octanol–water partition coefficient (Wildman–Crippen LogP) is 1.84. The van der Waals surface area contributed by atoms with E-state index in [1.807, 2.05) is 6.07 Å². The molecule has 1 heterocycles. The zero-order chi connectivity index (χ0) is 17.0. The maximum Gasteiger partial charge on any atom is 0.306 e. The lowest BCUT2D eigenvalue weighted by Gasteiger charge is -2.31. The molecule has 1 aliphatic heterocycles. The number of nitrogens with zero attached hydrogens (tertiary/aromatic N) is 2. The molecule has 1 fully saturated rings. The normalized spacial score (nSPS) is 15.3. The first-order valence-corrected chi connectivity index (χ1v) is 8.19. The fraction of sp³-hybridized carbons (Fsp3) is 0.438. The summed E-state index contributed by atoms with van der Waals surface area (Å²) in [5.41, 5.74) is 0.513. The number of aliphatic carboxylic acids is 1. The van der Waals surface area contributed by atoms with E-state index in [4.69, 9.17) is 5.11 Å². The van der Waals surface area contributed by atoms with Gasteiger partial charge in [0.1, 0.15) is 0 Å². The summed E-state index contributed by atoms with van der Waals surface area (Å²) in [6, 6.07) is 7.01. The van der Waals surface area contributed by atoms with Gasteiger partial charge >= 0.3 is 5.97 Å². The van der Waals surface area contributed by atoms with Crippen LogP contribution in [0.25, 0.3) is 0 Å². The zero-order valence-electron chi connectivity index (χ0n) is 12.9. The maximum atomic E-state index is 12.3. The number of halogens is 1. The van der Waals surface area contributed by atoms with Gasteiger partial charge in [0.05, 0.1) is 12.5 Å². The highest BCUT2D eigenvalue weighted by atomic mass is 79.9. The minimum absolute atomic E-state index is 0.0108. The second kappa shape index (κ2) is 7.59. The number of carboxylic acid groups (broad SMARTS) is 1. The minimum Gasteiger partial charge on any atom is -0.481 e. The molecule has 1 aromatic rings. The van der Waals surface area contributed by atoms with Crippen molar-refractivity contribution >= 4 is 33.7 Å². The van der Waals surface area contributed by atoms with Crippen molar-refractivity contribution in [2.24, 2.45) is 5.92 Å². The Labute approximate surface area is 143 Å². The molecule has 124 valence electrons. The van der Waals surface area contributed by atoms with Gasteiger partial charge in [-0.1, -0.05) is 22.0 Å². The standard InChI is InChI=1S/C16H19BrN2O4/c1-18(15(21)12-3-2-4-13(17)9-12)10-14(20)19-7-5-11(6-8-19)16(22)23/h2-4,9,11H,5-8,10H2,1H3,(H,22,23). The van der Waals surface area contributed by atoms with Gasteiger partial charge in [-0.2, -0.15) is 0 Å². The highest BCUT2D eigenvalue weighted by molar-refractivity contribution is 9.10. The van der Waals surface area contributed by atoms with E-state index in [0.717, 1.165) is 4.47 Å². The van der Waals surface area contributed by atoms with Gasteiger partial charge in [-0.25, -0.2) is 0 Å². The van der Waals surface area contributed by atoms with Crippen LogP contribution in [0.2, 0.25) is 0 Å². The van der Waals surface area contributed by atoms with Crippen molar-refractivity contribution in [1.29, 1.82) is 0 Å². The summed E-state index contributed by atoms with van der Waals surface area (Å²) in [4.78, 5) is 38.5. The molecule has 0 aromatic heterocycles. The number of carbonyl (C=O) groups is 3. The van der Waals surface area contributed by atoms with Gasteiger partial charge in [0, 0.05) is 30.2 Å². The molecule has 0 bridgehead atoms. The fourth-order valence-corrected chi connectivity index (χ4v) is 2.99. The zero-order valence-corrected chi connectivity index (χ0v) is 14.5. The van der Waals surface area contributed by atoms with Crippen molar-refractivity contribution in [3.05, 3.63) is 34.3 Å². The molecule has 0 atom stereocenters. The number of hydrogen-bond donors (Lipinski definition) is 1. The summed E-state index contributed by atoms with van der Waals surface area (Å²) in [6.45, 7) is 0.840. The van der Waals surface area contributed by atoms with Crippen molar-refractivity contribution in [3.8, 4) is 0 Å². The molecular weight excluding hydrogens is 364 g/mol. The van der Waals surface area contributed by atoms with Gasteiger partial charge in [0.25, 0.3) is 5.91 Å². The molecule has 2 amide bonds. The molecule has 23 heavy (non-hydrogen) atoms. The molecule has 0 unspecified atom stereocenters. The molecule has 0 aliphatic carbocycles. The molecule has 1 saturated heterocycles. The Bertz CT molecular complexity index is 612. The smallest absolute Gasteiger partial charge is 0.306 e. The van der Waals surface area contributed by atoms with Gasteiger partial charge in [-0.15, -0.1) is 0 Å². The molecule has 2 rings (SSSR count). The van der Waals surface area contributed by atoms with Crippen LogP contribution < -0.4 is 0 Å². The van der Waals surface area contributed by atoms with E-state index >= 15 is 0 Å². The highest BCUT2D eigenvalue weighted by Gasteiger charge is 2.28. The first-order valence-electron chi connectivity index (χ1n) is 7.40. The van der Waals surface area contributed by atoms with E-state index in [-0.39, 0.29) is 24.3 Å². The Morgan fingerprint density at radius 2 is 1.96 bits per heavy atom. The van der Waals surface area contributed by atoms with Crippen LogP contribution in [0.4, 0.5) is 0 Å². The summed E-state index contributed by atoms with van der Waals surface area (Å²) in [7, 11) is 1.59. The van der Waals surface area contributed by atoms with Gasteiger partial charge < -0.3 is 14.9 Å². The SMILES string of the molecule is CN(CC(=O)N1CCC(C(=O)O)CC1)C(=O)c1cccc(Br)c1. The predicted molar refractivity (Wildman–Crippen MR) is 88.0 cm³/mol. The molecule has 1 aromatic carbocycles. The number of amides is 2. The quantitative estimate of drug-likeness (QED) is 0.861. The van der Waals surface area contributed by atoms with E-state index in [0.29, 0.717) is 31.5 Å². The molecule has 1 N–H and O–H groups in total. The van der Waals surface area contributed by atoms with Crippen LogP contribution in [0.3, 0.4) is 0 Å². The molecule has 6 nitrogen and oxygen atoms in total. The second-order valence-electron chi connectivity index (χ2n) is 5.66. The molecule has 0 spiro atoms. The van der Waals surface area contributed by atoms with Gasteiger partial charge in [-0.3, -0.25) is 14.4 Å². The lowest BCUT2D eigenvalue weighted by molar-refractivity contribution is -0.145. The fourth-order valence-electron chi connectivity index (χ4n) is 2.59. The van der Waals surface area contributed by atoms with Crippen molar-refractivity contribution in [2.45, 2.75) is 12.8 Å². The van der Waals surface area contributed by atoms with Crippen molar-refractivity contribution in [2.75, 3.05) is 26.7 Å². The average Bonchev–Trinajstić information content (AvgIpc) is 2.54. The molecule has 1 aliphatic rings. The summed E-state index contributed by atoms with van der Waals surface area (Å²) >= 11 is 3.32. The van der Waals surface area contributed by atoms with Crippen molar-refractivity contribution in [3.63, 3.8) is 0 Å². The van der Waals surface area contributed by atoms with Gasteiger partial charge in [0.15, 0.2) is 0 Å². The van der Waals surface area contributed by atoms with Crippen LogP contribution in [0.5, 0.6) is 0 Å². The Kier molecular flexibility index (Phi) is 5.76. The van der Waals surface area contributed by atoms with Crippen LogP contribution in [-0.4, -0.2) is 59.4 Å². The summed E-state index contributed by atoms with van der Waals surface area (Å²) in [6.07, 6.45) is 0.925. The third kappa shape index (κ3) is 4.54. The number of rotatable bonds is 4. The number of carbonyl (C=O) groups excluding carboxylic acids is 2. The number of likely N-dealkylation sites (N-methyl/N-ethyl adjacent to an activating group) is 1. The number of hydrogen-bond acceptors (Lipinski definition) is 3. The molecule has 7 heteroatoms. The Morgan fingerprint density at radius 3 is 2.52 bits per heavy atom. The van der Waals surface area contributed by atoms with Crippen LogP contribution in [0.15, 0.2) is 28.7 Å². The van der Waals surface area contributed by atoms with Crippen LogP contribution >= 0.6 is 15.9 Å². The van der Waals surface area contributed by atoms with E-state index in [9.17, 15) is 14.4 Å². The van der Waals surface area contributed by atoms with Gasteiger partial charge in [-0.05, 0) is 31.0 Å². The minimum atomic E-state index is -0.806. The third-order valence-corrected chi connectivity index (χ3v) is 4.48. The number of piperidine rings is 1. The maximum absolute atomic E-state index is 12.3. The number of likely N-dealkylation sites (tertiary alicyclic amines) is 1. The lowest BCUT2D eigenvalue weighted by atomic mass is 9.97. The van der Waals surface area contributed by atoms with E-state index in [1.165, 1.54) is 4.90 Å². The Morgan fingerprint density at radius 1 is 1.30 bits per heavy atom. The summed E-state index contributed by atoms with van der Waals surface area (Å²) < 4.78 is 0.804. The van der Waals surface area contributed by atoms with Crippen LogP contribution in [0, 0.1) is 5.92 Å². The van der Waals surface area contributed by atoms with E-state index in [2.05, 4.69) is 15.9 Å². The Balaban J connectivity index is 1.90. The lowest BCUT2D eigenvalue weighted by Crippen LogP contribution is -2.45. The first-order chi connectivity index (χ1) is 10.9. The number of benzene rings is 1. The third-order valence-electron chi connectivity index (χ3n) is 3.99. The number of carboxylic acids is 1. The average molecular weight is 383 g/mol. The molecular formula is C16H19BrN2O4. The molecule has 0 radical (unpaired) electrons. The summed E-state index contributed by atoms with van der Waals surface area (Å²) in [5.74, 6) is -1.56. The van der Waals surface area contributed by atoms with Crippen LogP contribution in [-0.2, 0) is 9.59 Å². The monoisotopic (exact) mass is 382 g/mol. The van der Waals surface area contributed by atoms with E-state index < -0.39 is 5.97 Å². The molecule has 0 saturated carbocycles. The first kappa shape index (κ1) is 17.5. The van der Waals surface area contributed by atoms with Crippen molar-refractivity contribution < 1.29 is 19.5 Å². The highest BCUT2D eigenvalue weighted by Crippen LogP contribution is 2.18. The van der Waals surface area contributed by atoms with E-state index in [1.54, 1.807) is 30.1 Å². The topological polar surface area (TPSA) is 77.9 Å². The van der Waals surface area contributed by atoms with Crippen LogP contribution in [0.1, 0.15) is 23.2 Å². The van der Waals surface area contributed by atoms with Crippen molar-refractivity contribution in [1.82, 2.24) is 9.80 Å². The van der Waals surface area contributed by atoms with Gasteiger partial charge in [0.2, 0.25) is 5.91 Å². The Hall–Kier alpha value is -1.89.